The summed E-state index contributed by atoms with van der Waals surface area (Å²) < 4.78 is 8.78. The van der Waals surface area contributed by atoms with Gasteiger partial charge in [0.25, 0.3) is 0 Å². The number of aryl methyl sites for hydroxylation is 2. The van der Waals surface area contributed by atoms with Gasteiger partial charge in [-0.15, -0.1) is 16.8 Å². The van der Waals surface area contributed by atoms with Gasteiger partial charge in [0.1, 0.15) is 11.6 Å². The highest BCUT2D eigenvalue weighted by atomic mass is 79.9. The molecule has 0 bridgehead atoms. The Kier molecular flexibility index (Phi) is 9.57. The number of aromatic nitrogens is 3. The Morgan fingerprint density at radius 2 is 1.94 bits per heavy atom. The molecule has 0 unspecified atom stereocenters. The van der Waals surface area contributed by atoms with Crippen LogP contribution in [0.1, 0.15) is 44.1 Å². The molecular weight excluding hydrogens is 524 g/mol. The monoisotopic (exact) mass is 556 g/mol. The molecule has 0 aliphatic rings. The van der Waals surface area contributed by atoms with E-state index in [0.717, 1.165) is 40.1 Å². The summed E-state index contributed by atoms with van der Waals surface area (Å²) in [4.78, 5) is 12.5. The zero-order valence-electron chi connectivity index (χ0n) is 20.8. The van der Waals surface area contributed by atoms with Crippen LogP contribution in [0.25, 0.3) is 0 Å². The van der Waals surface area contributed by atoms with Crippen molar-refractivity contribution < 1.29 is 9.53 Å². The topological polar surface area (TPSA) is 69.0 Å². The van der Waals surface area contributed by atoms with Crippen molar-refractivity contribution in [2.24, 2.45) is 0 Å². The van der Waals surface area contributed by atoms with Crippen LogP contribution in [0, 0.1) is 6.92 Å². The number of thioether (sulfide) groups is 1. The lowest BCUT2D eigenvalue weighted by Crippen LogP contribution is -2.15. The molecule has 0 saturated heterocycles. The fourth-order valence-electron chi connectivity index (χ4n) is 3.43. The van der Waals surface area contributed by atoms with Crippen molar-refractivity contribution in [1.82, 2.24) is 14.8 Å². The third-order valence-corrected chi connectivity index (χ3v) is 6.99. The number of carbonyl (C=O) groups excluding carboxylic acids is 1. The second-order valence-corrected chi connectivity index (χ2v) is 11.1. The van der Waals surface area contributed by atoms with Gasteiger partial charge < -0.3 is 14.6 Å². The van der Waals surface area contributed by atoms with E-state index in [2.05, 4.69) is 70.9 Å². The molecular formula is C27H33BrN4O2S. The summed E-state index contributed by atoms with van der Waals surface area (Å²) in [5, 5.41) is 12.3. The number of ether oxygens (including phenoxy) is 1. The average molecular weight is 558 g/mol. The van der Waals surface area contributed by atoms with Gasteiger partial charge in [-0.25, -0.2) is 0 Å². The van der Waals surface area contributed by atoms with E-state index in [9.17, 15) is 4.79 Å². The molecule has 0 aliphatic carbocycles. The van der Waals surface area contributed by atoms with Crippen LogP contribution in [0.3, 0.4) is 0 Å². The predicted octanol–water partition coefficient (Wildman–Crippen LogP) is 6.57. The molecule has 8 heteroatoms. The van der Waals surface area contributed by atoms with Crippen LogP contribution in [0.2, 0.25) is 0 Å². The lowest BCUT2D eigenvalue weighted by molar-refractivity contribution is -0.113. The Labute approximate surface area is 220 Å². The van der Waals surface area contributed by atoms with Crippen molar-refractivity contribution in [3.05, 3.63) is 76.5 Å². The quantitative estimate of drug-likeness (QED) is 0.164. The van der Waals surface area contributed by atoms with Crippen molar-refractivity contribution in [2.45, 2.75) is 57.7 Å². The minimum atomic E-state index is -0.0971. The molecule has 0 radical (unpaired) electrons. The number of nitrogens with zero attached hydrogens (tertiary/aromatic N) is 3. The van der Waals surface area contributed by atoms with E-state index in [1.807, 2.05) is 47.9 Å². The number of allylic oxidation sites excluding steroid dienone is 1. The molecule has 186 valence electrons. The summed E-state index contributed by atoms with van der Waals surface area (Å²) in [5.41, 5.74) is 3.29. The van der Waals surface area contributed by atoms with E-state index in [1.165, 1.54) is 17.3 Å². The summed E-state index contributed by atoms with van der Waals surface area (Å²) in [6.07, 6.45) is 3.35. The molecule has 6 nitrogen and oxygen atoms in total. The highest BCUT2D eigenvalue weighted by molar-refractivity contribution is 9.10. The van der Waals surface area contributed by atoms with Crippen molar-refractivity contribution in [2.75, 3.05) is 17.7 Å². The van der Waals surface area contributed by atoms with Crippen molar-refractivity contribution >= 4 is 39.3 Å². The molecule has 3 aromatic rings. The molecule has 2 aromatic carbocycles. The van der Waals surface area contributed by atoms with Gasteiger partial charge in [-0.3, -0.25) is 4.79 Å². The first kappa shape index (κ1) is 27.0. The Hall–Kier alpha value is -2.58. The lowest BCUT2D eigenvalue weighted by Gasteiger charge is -2.19. The van der Waals surface area contributed by atoms with Crippen LogP contribution in [0.5, 0.6) is 5.75 Å². The van der Waals surface area contributed by atoms with Crippen LogP contribution in [-0.2, 0) is 23.2 Å². The predicted molar refractivity (Wildman–Crippen MR) is 147 cm³/mol. The molecule has 1 heterocycles. The number of rotatable bonds is 11. The Balaban J connectivity index is 1.51. The fourth-order valence-corrected chi connectivity index (χ4v) is 4.79. The number of anilines is 1. The summed E-state index contributed by atoms with van der Waals surface area (Å²) in [6, 6.07) is 14.1. The molecule has 1 N–H and O–H groups in total. The highest BCUT2D eigenvalue weighted by Crippen LogP contribution is 2.25. The normalized spacial score (nSPS) is 11.3. The Bertz CT molecular complexity index is 1150. The second kappa shape index (κ2) is 12.4. The van der Waals surface area contributed by atoms with Gasteiger partial charge in [0, 0.05) is 17.4 Å². The highest BCUT2D eigenvalue weighted by Gasteiger charge is 2.15. The van der Waals surface area contributed by atoms with E-state index in [0.29, 0.717) is 18.3 Å². The van der Waals surface area contributed by atoms with Crippen molar-refractivity contribution in [3.63, 3.8) is 0 Å². The molecule has 0 saturated carbocycles. The molecule has 1 amide bonds. The number of hydrogen-bond donors (Lipinski definition) is 1. The number of benzene rings is 2. The van der Waals surface area contributed by atoms with Crippen LogP contribution in [-0.4, -0.2) is 33.0 Å². The first-order valence-electron chi connectivity index (χ1n) is 11.6. The van der Waals surface area contributed by atoms with Crippen LogP contribution < -0.4 is 10.1 Å². The molecule has 3 rings (SSSR count). The summed E-state index contributed by atoms with van der Waals surface area (Å²) >= 11 is 4.86. The van der Waals surface area contributed by atoms with Crippen molar-refractivity contribution in [3.8, 4) is 5.75 Å². The van der Waals surface area contributed by atoms with Crippen LogP contribution in [0.15, 0.2) is 64.7 Å². The fraction of sp³-hybridized carbons (Fsp3) is 0.370. The molecule has 0 spiro atoms. The summed E-state index contributed by atoms with van der Waals surface area (Å²) in [6.45, 7) is 13.6. The van der Waals surface area contributed by atoms with Gasteiger partial charge in [0.15, 0.2) is 5.16 Å². The van der Waals surface area contributed by atoms with E-state index in [-0.39, 0.29) is 17.1 Å². The van der Waals surface area contributed by atoms with Gasteiger partial charge in [-0.2, -0.15) is 0 Å². The SMILES string of the molecule is C=CCn1c(CCCOc2ccc(C(C)(C)C)cc2)nnc1SCC(=O)Nc1ccc(C)cc1Br. The zero-order valence-corrected chi connectivity index (χ0v) is 23.2. The maximum absolute atomic E-state index is 12.5. The molecule has 0 atom stereocenters. The third-order valence-electron chi connectivity index (χ3n) is 5.37. The first-order chi connectivity index (χ1) is 16.7. The molecule has 1 aromatic heterocycles. The third kappa shape index (κ3) is 7.97. The number of halogens is 1. The van der Waals surface area contributed by atoms with Crippen LogP contribution >= 0.6 is 27.7 Å². The minimum absolute atomic E-state index is 0.0971. The Morgan fingerprint density at radius 3 is 2.60 bits per heavy atom. The summed E-state index contributed by atoms with van der Waals surface area (Å²) in [7, 11) is 0. The van der Waals surface area contributed by atoms with Gasteiger partial charge in [0.05, 0.1) is 18.0 Å². The van der Waals surface area contributed by atoms with Gasteiger partial charge in [-0.05, 0) is 70.1 Å². The second-order valence-electron chi connectivity index (χ2n) is 9.34. The largest absolute Gasteiger partial charge is 0.494 e. The maximum atomic E-state index is 12.5. The zero-order chi connectivity index (χ0) is 25.4. The van der Waals surface area contributed by atoms with Gasteiger partial charge in [0.2, 0.25) is 5.91 Å². The van der Waals surface area contributed by atoms with E-state index >= 15 is 0 Å². The first-order valence-corrected chi connectivity index (χ1v) is 13.4. The lowest BCUT2D eigenvalue weighted by atomic mass is 9.87. The van der Waals surface area contributed by atoms with E-state index < -0.39 is 0 Å². The minimum Gasteiger partial charge on any atom is -0.494 e. The molecule has 35 heavy (non-hydrogen) atoms. The van der Waals surface area contributed by atoms with E-state index in [1.54, 1.807) is 0 Å². The smallest absolute Gasteiger partial charge is 0.234 e. The number of hydrogen-bond acceptors (Lipinski definition) is 5. The average Bonchev–Trinajstić information content (AvgIpc) is 3.18. The Morgan fingerprint density at radius 1 is 1.20 bits per heavy atom. The van der Waals surface area contributed by atoms with Crippen molar-refractivity contribution in [1.29, 1.82) is 0 Å². The van der Waals surface area contributed by atoms with Crippen LogP contribution in [0.4, 0.5) is 5.69 Å². The number of nitrogens with one attached hydrogen (secondary N) is 1. The maximum Gasteiger partial charge on any atom is 0.234 e. The molecule has 0 aliphatic heterocycles. The van der Waals surface area contributed by atoms with Gasteiger partial charge in [-0.1, -0.05) is 56.8 Å². The standard InChI is InChI=1S/C27H33BrN4O2S/c1-6-15-32-24(8-7-16-34-21-12-10-20(11-13-21)27(3,4)5)30-31-26(32)35-18-25(33)29-23-14-9-19(2)17-22(23)28/h6,9-14,17H,1,7-8,15-16,18H2,2-5H3,(H,29,33). The summed E-state index contributed by atoms with van der Waals surface area (Å²) in [5.74, 6) is 1.87. The number of carbonyl (C=O) groups is 1. The van der Waals surface area contributed by atoms with Gasteiger partial charge >= 0.3 is 0 Å². The number of amides is 1. The van der Waals surface area contributed by atoms with E-state index in [4.69, 9.17) is 4.74 Å². The molecule has 0 fully saturated rings.